The van der Waals surface area contributed by atoms with Crippen molar-refractivity contribution in [2.45, 2.75) is 110 Å². The standard InChI is InChI=1S/C27H44O3/c1-18(8-6-14-26(3,4)30)23-12-13-24-20(9-7-15-27(23,24)5)10-11-21-16-22(28)17-25(29)19(21)2/h10-11,18,22-25,28-30H,2,6-9,12-17H2,1,3-5H3/b20-10+,21-11-/t18-,22-,23-,24+,25+,27-/m1/s1/i16D2,22D. The van der Waals surface area contributed by atoms with Gasteiger partial charge in [0.1, 0.15) is 0 Å². The number of rotatable bonds is 6. The lowest BCUT2D eigenvalue weighted by molar-refractivity contribution is 0.0596. The summed E-state index contributed by atoms with van der Waals surface area (Å²) in [4.78, 5) is 0. The van der Waals surface area contributed by atoms with E-state index in [2.05, 4.69) is 20.4 Å². The maximum absolute atomic E-state index is 10.3. The fourth-order valence-corrected chi connectivity index (χ4v) is 6.38. The Morgan fingerprint density at radius 1 is 1.33 bits per heavy atom. The van der Waals surface area contributed by atoms with E-state index in [9.17, 15) is 15.3 Å². The Morgan fingerprint density at radius 2 is 2.07 bits per heavy atom. The molecule has 3 fully saturated rings. The first-order chi connectivity index (χ1) is 15.1. The van der Waals surface area contributed by atoms with Crippen LogP contribution in [0.25, 0.3) is 0 Å². The van der Waals surface area contributed by atoms with E-state index in [4.69, 9.17) is 4.11 Å². The van der Waals surface area contributed by atoms with Crippen LogP contribution in [0.1, 0.15) is 96.0 Å². The second-order valence-corrected chi connectivity index (χ2v) is 10.9. The fraction of sp³-hybridized carbons (Fsp3) is 0.778. The summed E-state index contributed by atoms with van der Waals surface area (Å²) in [6, 6.07) is 0. The zero-order valence-corrected chi connectivity index (χ0v) is 19.4. The largest absolute Gasteiger partial charge is 0.393 e. The minimum atomic E-state index is -2.38. The van der Waals surface area contributed by atoms with Gasteiger partial charge in [0, 0.05) is 9.16 Å². The molecule has 30 heavy (non-hydrogen) atoms. The van der Waals surface area contributed by atoms with Gasteiger partial charge in [0.2, 0.25) is 0 Å². The average Bonchev–Trinajstić information content (AvgIpc) is 3.03. The van der Waals surface area contributed by atoms with Gasteiger partial charge in [-0.1, -0.05) is 51.0 Å². The Hall–Kier alpha value is -0.900. The highest BCUT2D eigenvalue weighted by Gasteiger charge is 2.50. The van der Waals surface area contributed by atoms with Crippen LogP contribution in [0.15, 0.2) is 35.5 Å². The Bertz CT molecular complexity index is 808. The smallest absolute Gasteiger partial charge is 0.0811 e. The maximum atomic E-state index is 10.3. The van der Waals surface area contributed by atoms with Crippen molar-refractivity contribution >= 4 is 0 Å². The van der Waals surface area contributed by atoms with Gasteiger partial charge in [0.25, 0.3) is 0 Å². The van der Waals surface area contributed by atoms with Gasteiger partial charge in [0.05, 0.1) is 19.2 Å². The van der Waals surface area contributed by atoms with E-state index in [1.54, 1.807) is 6.08 Å². The number of fused-ring (bicyclic) bond motifs is 1. The molecule has 0 aliphatic heterocycles. The summed E-state index contributed by atoms with van der Waals surface area (Å²) in [5, 5.41) is 30.6. The number of aliphatic hydroxyl groups is 3. The summed E-state index contributed by atoms with van der Waals surface area (Å²) in [5.41, 5.74) is 1.32. The van der Waals surface area contributed by atoms with Crippen molar-refractivity contribution in [1.82, 2.24) is 0 Å². The van der Waals surface area contributed by atoms with Gasteiger partial charge in [-0.25, -0.2) is 0 Å². The fourth-order valence-electron chi connectivity index (χ4n) is 6.38. The topological polar surface area (TPSA) is 60.7 Å². The molecule has 3 rings (SSSR count). The molecule has 170 valence electrons. The number of aliphatic hydroxyl groups excluding tert-OH is 1. The van der Waals surface area contributed by atoms with E-state index in [-0.39, 0.29) is 23.0 Å². The van der Waals surface area contributed by atoms with Crippen molar-refractivity contribution in [2.75, 3.05) is 0 Å². The third-order valence-corrected chi connectivity index (χ3v) is 8.05. The second-order valence-electron chi connectivity index (χ2n) is 10.9. The molecule has 3 saturated carbocycles. The Balaban J connectivity index is 1.80. The molecule has 0 radical (unpaired) electrons. The van der Waals surface area contributed by atoms with Gasteiger partial charge < -0.3 is 15.3 Å². The van der Waals surface area contributed by atoms with E-state index >= 15 is 0 Å². The second kappa shape index (κ2) is 9.30. The van der Waals surface area contributed by atoms with Crippen molar-refractivity contribution in [3.63, 3.8) is 0 Å². The summed E-state index contributed by atoms with van der Waals surface area (Å²) in [6.07, 6.45) is 6.10. The molecule has 0 aromatic rings. The third-order valence-electron chi connectivity index (χ3n) is 8.05. The van der Waals surface area contributed by atoms with E-state index < -0.39 is 24.2 Å². The molecule has 3 heteroatoms. The van der Waals surface area contributed by atoms with Crippen LogP contribution in [0.4, 0.5) is 0 Å². The van der Waals surface area contributed by atoms with Gasteiger partial charge in [0.15, 0.2) is 0 Å². The van der Waals surface area contributed by atoms with E-state index in [0.29, 0.717) is 17.8 Å². The van der Waals surface area contributed by atoms with Crippen LogP contribution in [0.3, 0.4) is 0 Å². The maximum Gasteiger partial charge on any atom is 0.0811 e. The first-order valence-electron chi connectivity index (χ1n) is 13.3. The van der Waals surface area contributed by atoms with Gasteiger partial charge in [-0.05, 0) is 93.1 Å². The molecule has 0 saturated heterocycles. The molecular weight excluding hydrogens is 372 g/mol. The van der Waals surface area contributed by atoms with Crippen LogP contribution < -0.4 is 0 Å². The van der Waals surface area contributed by atoms with Gasteiger partial charge >= 0.3 is 0 Å². The molecule has 6 atom stereocenters. The van der Waals surface area contributed by atoms with Crippen molar-refractivity contribution < 1.29 is 19.4 Å². The first kappa shape index (κ1) is 19.8. The minimum absolute atomic E-state index is 0.132. The molecule has 3 aliphatic rings. The predicted octanol–water partition coefficient (Wildman–Crippen LogP) is 5.70. The lowest BCUT2D eigenvalue weighted by atomic mass is 9.60. The quantitative estimate of drug-likeness (QED) is 0.517. The summed E-state index contributed by atoms with van der Waals surface area (Å²) in [7, 11) is 0. The molecule has 0 bridgehead atoms. The molecule has 0 aromatic carbocycles. The zero-order valence-electron chi connectivity index (χ0n) is 22.4. The average molecular weight is 420 g/mol. The summed E-state index contributed by atoms with van der Waals surface area (Å²) in [6.45, 7) is 12.4. The van der Waals surface area contributed by atoms with Gasteiger partial charge in [-0.3, -0.25) is 0 Å². The van der Waals surface area contributed by atoms with Crippen LogP contribution in [-0.2, 0) is 0 Å². The Kier molecular flexibility index (Phi) is 6.13. The zero-order chi connectivity index (χ0) is 24.8. The number of allylic oxidation sites excluding steroid dienone is 3. The van der Waals surface area contributed by atoms with E-state index in [1.807, 2.05) is 19.9 Å². The molecule has 3 nitrogen and oxygen atoms in total. The van der Waals surface area contributed by atoms with Crippen LogP contribution in [0, 0.1) is 23.2 Å². The molecule has 0 unspecified atom stereocenters. The summed E-state index contributed by atoms with van der Waals surface area (Å²) >= 11 is 0. The molecule has 0 amide bonds. The Labute approximate surface area is 188 Å². The molecule has 0 aromatic heterocycles. The first-order valence-corrected chi connectivity index (χ1v) is 11.8. The molecule has 0 heterocycles. The SMILES string of the molecule is [2H]C1([2H])/C(=C/C=C2\CCC[C@]3(C)[C@@H]([C@H](C)CCCC(C)(C)O)CC[C@@H]23)C(=C)[C@@H](O)C[C@]1([2H])O. The third kappa shape index (κ3) is 5.29. The summed E-state index contributed by atoms with van der Waals surface area (Å²) < 4.78 is 24.7. The van der Waals surface area contributed by atoms with Crippen LogP contribution >= 0.6 is 0 Å². The van der Waals surface area contributed by atoms with E-state index in [1.165, 1.54) is 18.4 Å². The molecule has 3 N–H and O–H groups in total. The van der Waals surface area contributed by atoms with Crippen molar-refractivity contribution in [3.05, 3.63) is 35.5 Å². The Morgan fingerprint density at radius 3 is 2.77 bits per heavy atom. The minimum Gasteiger partial charge on any atom is -0.393 e. The van der Waals surface area contributed by atoms with Crippen LogP contribution in [0.2, 0.25) is 0 Å². The van der Waals surface area contributed by atoms with Crippen LogP contribution in [0.5, 0.6) is 0 Å². The molecule has 0 spiro atoms. The highest BCUT2D eigenvalue weighted by molar-refractivity contribution is 5.38. The lowest BCUT2D eigenvalue weighted by Crippen LogP contribution is -2.36. The normalized spacial score (nSPS) is 44.4. The number of hydrogen-bond acceptors (Lipinski definition) is 3. The van der Waals surface area contributed by atoms with Crippen molar-refractivity contribution in [3.8, 4) is 0 Å². The van der Waals surface area contributed by atoms with E-state index in [0.717, 1.165) is 38.5 Å². The van der Waals surface area contributed by atoms with Crippen molar-refractivity contribution in [2.24, 2.45) is 23.2 Å². The number of hydrogen-bond donors (Lipinski definition) is 3. The summed E-state index contributed by atoms with van der Waals surface area (Å²) in [5.74, 6) is 1.69. The highest BCUT2D eigenvalue weighted by Crippen LogP contribution is 2.60. The predicted molar refractivity (Wildman–Crippen MR) is 124 cm³/mol. The lowest BCUT2D eigenvalue weighted by Gasteiger charge is -2.44. The highest BCUT2D eigenvalue weighted by atomic mass is 16.3. The van der Waals surface area contributed by atoms with Crippen molar-refractivity contribution in [1.29, 1.82) is 0 Å². The van der Waals surface area contributed by atoms with Crippen LogP contribution in [-0.4, -0.2) is 33.1 Å². The molecule has 3 aliphatic carbocycles. The van der Waals surface area contributed by atoms with Gasteiger partial charge in [-0.15, -0.1) is 0 Å². The monoisotopic (exact) mass is 419 g/mol. The molecular formula is C27H44O3. The van der Waals surface area contributed by atoms with Gasteiger partial charge in [-0.2, -0.15) is 0 Å².